The summed E-state index contributed by atoms with van der Waals surface area (Å²) in [5, 5.41) is 0. The van der Waals surface area contributed by atoms with Gasteiger partial charge in [0.1, 0.15) is 16.5 Å². The molecule has 0 fully saturated rings. The number of hydrogen-bond donors (Lipinski definition) is 1. The van der Waals surface area contributed by atoms with E-state index in [2.05, 4.69) is 9.71 Å². The van der Waals surface area contributed by atoms with Crippen molar-refractivity contribution < 1.29 is 13.2 Å². The Hall–Kier alpha value is -2.08. The lowest BCUT2D eigenvalue weighted by atomic mass is 9.98. The van der Waals surface area contributed by atoms with Gasteiger partial charge in [0.2, 0.25) is 0 Å². The maximum atomic E-state index is 12.8. The summed E-state index contributed by atoms with van der Waals surface area (Å²) in [5.41, 5.74) is 2.74. The van der Waals surface area contributed by atoms with E-state index in [1.165, 1.54) is 7.11 Å². The lowest BCUT2D eigenvalue weighted by molar-refractivity contribution is 0.402. The molecule has 1 aromatic heterocycles. The first-order chi connectivity index (χ1) is 10.8. The average Bonchev–Trinajstić information content (AvgIpc) is 2.48. The summed E-state index contributed by atoms with van der Waals surface area (Å²) < 4.78 is 33.4. The molecule has 0 radical (unpaired) electrons. The highest BCUT2D eigenvalue weighted by molar-refractivity contribution is 7.92. The Balaban J connectivity index is 2.55. The van der Waals surface area contributed by atoms with E-state index in [0.717, 1.165) is 16.7 Å². The van der Waals surface area contributed by atoms with Gasteiger partial charge in [0.15, 0.2) is 0 Å². The number of aromatic nitrogens is 1. The van der Waals surface area contributed by atoms with E-state index in [4.69, 9.17) is 4.74 Å². The van der Waals surface area contributed by atoms with E-state index in [-0.39, 0.29) is 10.8 Å². The molecular weight excluding hydrogens is 312 g/mol. The van der Waals surface area contributed by atoms with Gasteiger partial charge in [-0.05, 0) is 54.7 Å². The molecule has 0 saturated heterocycles. The van der Waals surface area contributed by atoms with E-state index in [1.807, 2.05) is 20.8 Å². The minimum atomic E-state index is -3.79. The molecule has 5 nitrogen and oxygen atoms in total. The molecule has 1 aromatic carbocycles. The van der Waals surface area contributed by atoms with Crippen LogP contribution < -0.4 is 9.46 Å². The summed E-state index contributed by atoms with van der Waals surface area (Å²) in [7, 11) is -2.32. The molecule has 0 saturated carbocycles. The van der Waals surface area contributed by atoms with Crippen LogP contribution in [0.15, 0.2) is 35.4 Å². The first kappa shape index (κ1) is 17.3. The standard InChI is InChI=1S/C17H22N2O3S/c1-11(2)14-10-16(15(22-5)9-13(14)4)23(20,21)19-17-12(3)7-6-8-18-17/h6-11H,1-5H3,(H,18,19). The summed E-state index contributed by atoms with van der Waals surface area (Å²) in [4.78, 5) is 4.21. The molecule has 2 aromatic rings. The number of ether oxygens (including phenoxy) is 1. The third-order valence-electron chi connectivity index (χ3n) is 3.70. The smallest absolute Gasteiger partial charge is 0.266 e. The van der Waals surface area contributed by atoms with Crippen molar-refractivity contribution in [2.24, 2.45) is 0 Å². The zero-order valence-electron chi connectivity index (χ0n) is 14.0. The van der Waals surface area contributed by atoms with E-state index < -0.39 is 10.0 Å². The number of nitrogens with one attached hydrogen (secondary N) is 1. The van der Waals surface area contributed by atoms with Gasteiger partial charge in [-0.15, -0.1) is 0 Å². The quantitative estimate of drug-likeness (QED) is 0.906. The Morgan fingerprint density at radius 2 is 1.87 bits per heavy atom. The Morgan fingerprint density at radius 3 is 2.43 bits per heavy atom. The summed E-state index contributed by atoms with van der Waals surface area (Å²) in [6.45, 7) is 7.81. The van der Waals surface area contributed by atoms with Gasteiger partial charge in [0, 0.05) is 6.20 Å². The summed E-state index contributed by atoms with van der Waals surface area (Å²) in [6.07, 6.45) is 1.55. The summed E-state index contributed by atoms with van der Waals surface area (Å²) in [6, 6.07) is 7.00. The second-order valence-corrected chi connectivity index (χ2v) is 7.44. The molecule has 124 valence electrons. The van der Waals surface area contributed by atoms with Crippen LogP contribution in [0, 0.1) is 13.8 Å². The molecule has 0 aliphatic carbocycles. The fraction of sp³-hybridized carbons (Fsp3) is 0.353. The Labute approximate surface area is 137 Å². The summed E-state index contributed by atoms with van der Waals surface area (Å²) in [5.74, 6) is 0.862. The summed E-state index contributed by atoms with van der Waals surface area (Å²) >= 11 is 0. The van der Waals surface area contributed by atoms with Crippen LogP contribution in [-0.2, 0) is 10.0 Å². The van der Waals surface area contributed by atoms with Crippen molar-refractivity contribution in [1.82, 2.24) is 4.98 Å². The first-order valence-electron chi connectivity index (χ1n) is 7.39. The minimum absolute atomic E-state index is 0.124. The second kappa shape index (κ2) is 6.58. The molecule has 0 spiro atoms. The number of pyridine rings is 1. The third-order valence-corrected chi connectivity index (χ3v) is 5.06. The van der Waals surface area contributed by atoms with E-state index in [1.54, 1.807) is 37.4 Å². The van der Waals surface area contributed by atoms with Crippen LogP contribution in [0.1, 0.15) is 36.5 Å². The van der Waals surface area contributed by atoms with Crippen LogP contribution in [0.4, 0.5) is 5.82 Å². The zero-order valence-corrected chi connectivity index (χ0v) is 14.9. The minimum Gasteiger partial charge on any atom is -0.495 e. The Bertz CT molecular complexity index is 815. The van der Waals surface area contributed by atoms with Crippen molar-refractivity contribution in [2.45, 2.75) is 38.5 Å². The fourth-order valence-electron chi connectivity index (χ4n) is 2.44. The molecule has 0 atom stereocenters. The monoisotopic (exact) mass is 334 g/mol. The second-order valence-electron chi connectivity index (χ2n) is 5.79. The number of aryl methyl sites for hydroxylation is 2. The van der Waals surface area contributed by atoms with Crippen LogP contribution in [0.5, 0.6) is 5.75 Å². The Morgan fingerprint density at radius 1 is 1.17 bits per heavy atom. The van der Waals surface area contributed by atoms with Gasteiger partial charge < -0.3 is 4.74 Å². The third kappa shape index (κ3) is 3.64. The molecule has 0 bridgehead atoms. The molecule has 2 rings (SSSR count). The van der Waals surface area contributed by atoms with E-state index >= 15 is 0 Å². The highest BCUT2D eigenvalue weighted by atomic mass is 32.2. The van der Waals surface area contributed by atoms with Gasteiger partial charge in [-0.2, -0.15) is 0 Å². The lowest BCUT2D eigenvalue weighted by Crippen LogP contribution is -2.16. The number of nitrogens with zero attached hydrogens (tertiary/aromatic N) is 1. The number of benzene rings is 1. The fourth-order valence-corrected chi connectivity index (χ4v) is 3.71. The van der Waals surface area contributed by atoms with Gasteiger partial charge in [-0.25, -0.2) is 13.4 Å². The SMILES string of the molecule is COc1cc(C)c(C(C)C)cc1S(=O)(=O)Nc1ncccc1C. The molecule has 0 unspecified atom stereocenters. The van der Waals surface area contributed by atoms with E-state index in [0.29, 0.717) is 11.6 Å². The Kier molecular flexibility index (Phi) is 4.94. The number of hydrogen-bond acceptors (Lipinski definition) is 4. The average molecular weight is 334 g/mol. The van der Waals surface area contributed by atoms with Gasteiger partial charge in [-0.3, -0.25) is 4.72 Å². The van der Waals surface area contributed by atoms with Crippen molar-refractivity contribution >= 4 is 15.8 Å². The van der Waals surface area contributed by atoms with Crippen LogP contribution in [0.2, 0.25) is 0 Å². The lowest BCUT2D eigenvalue weighted by Gasteiger charge is -2.17. The maximum Gasteiger partial charge on any atom is 0.266 e. The predicted octanol–water partition coefficient (Wildman–Crippen LogP) is 3.63. The molecule has 1 N–H and O–H groups in total. The molecule has 0 aliphatic heterocycles. The molecule has 23 heavy (non-hydrogen) atoms. The molecule has 6 heteroatoms. The highest BCUT2D eigenvalue weighted by Crippen LogP contribution is 2.32. The van der Waals surface area contributed by atoms with Crippen molar-refractivity contribution in [1.29, 1.82) is 0 Å². The van der Waals surface area contributed by atoms with Gasteiger partial charge in [0.05, 0.1) is 7.11 Å². The molecule has 0 amide bonds. The van der Waals surface area contributed by atoms with Crippen LogP contribution >= 0.6 is 0 Å². The number of anilines is 1. The first-order valence-corrected chi connectivity index (χ1v) is 8.87. The van der Waals surface area contributed by atoms with Crippen LogP contribution in [-0.4, -0.2) is 20.5 Å². The van der Waals surface area contributed by atoms with Gasteiger partial charge in [0.25, 0.3) is 10.0 Å². The zero-order chi connectivity index (χ0) is 17.2. The largest absolute Gasteiger partial charge is 0.495 e. The molecule has 0 aliphatic rings. The van der Waals surface area contributed by atoms with Crippen molar-refractivity contribution in [3.63, 3.8) is 0 Å². The van der Waals surface area contributed by atoms with Crippen molar-refractivity contribution in [3.8, 4) is 5.75 Å². The number of rotatable bonds is 5. The normalized spacial score (nSPS) is 11.6. The predicted molar refractivity (Wildman–Crippen MR) is 91.6 cm³/mol. The molecule has 1 heterocycles. The highest BCUT2D eigenvalue weighted by Gasteiger charge is 2.23. The van der Waals surface area contributed by atoms with Crippen molar-refractivity contribution in [2.75, 3.05) is 11.8 Å². The number of sulfonamides is 1. The topological polar surface area (TPSA) is 68.3 Å². The van der Waals surface area contributed by atoms with Gasteiger partial charge >= 0.3 is 0 Å². The number of methoxy groups -OCH3 is 1. The molecular formula is C17H22N2O3S. The van der Waals surface area contributed by atoms with Crippen LogP contribution in [0.25, 0.3) is 0 Å². The van der Waals surface area contributed by atoms with Crippen molar-refractivity contribution in [3.05, 3.63) is 47.2 Å². The maximum absolute atomic E-state index is 12.8. The van der Waals surface area contributed by atoms with Gasteiger partial charge in [-0.1, -0.05) is 19.9 Å². The van der Waals surface area contributed by atoms with Crippen LogP contribution in [0.3, 0.4) is 0 Å². The van der Waals surface area contributed by atoms with E-state index in [9.17, 15) is 8.42 Å².